The van der Waals surface area contributed by atoms with Crippen molar-refractivity contribution in [3.8, 4) is 0 Å². The molecule has 21 heavy (non-hydrogen) atoms. The van der Waals surface area contributed by atoms with Gasteiger partial charge in [-0.1, -0.05) is 43.7 Å². The molecule has 1 aliphatic heterocycles. The molecule has 1 saturated heterocycles. The normalized spacial score (nSPS) is 26.4. The Kier molecular flexibility index (Phi) is 6.40. The minimum Gasteiger partial charge on any atom is -0.311 e. The summed E-state index contributed by atoms with van der Waals surface area (Å²) in [6, 6.07) is 11.6. The van der Waals surface area contributed by atoms with Gasteiger partial charge in [-0.3, -0.25) is 9.11 Å². The van der Waals surface area contributed by atoms with Crippen molar-refractivity contribution in [2.45, 2.75) is 44.0 Å². The summed E-state index contributed by atoms with van der Waals surface area (Å²) in [4.78, 5) is 2.53. The number of hydrogen-bond acceptors (Lipinski definition) is 3. The molecule has 1 fully saturated rings. The number of nitrogens with zero attached hydrogens (tertiary/aromatic N) is 1. The molecule has 0 amide bonds. The van der Waals surface area contributed by atoms with E-state index in [2.05, 4.69) is 54.4 Å². The zero-order valence-electron chi connectivity index (χ0n) is 13.4. The largest absolute Gasteiger partial charge is 0.311 e. The average molecular weight is 308 g/mol. The molecular weight excluding hydrogens is 280 g/mol. The van der Waals surface area contributed by atoms with Gasteiger partial charge in [-0.15, -0.1) is 0 Å². The van der Waals surface area contributed by atoms with E-state index in [1.807, 2.05) is 6.26 Å². The zero-order chi connectivity index (χ0) is 15.2. The van der Waals surface area contributed by atoms with E-state index >= 15 is 0 Å². The maximum Gasteiger partial charge on any atom is 0.0473 e. The Morgan fingerprint density at radius 2 is 2.10 bits per heavy atom. The molecule has 2 rings (SSSR count). The fourth-order valence-electron chi connectivity index (χ4n) is 3.06. The van der Waals surface area contributed by atoms with E-state index in [1.54, 1.807) is 0 Å². The zero-order valence-corrected chi connectivity index (χ0v) is 14.2. The first kappa shape index (κ1) is 16.7. The van der Waals surface area contributed by atoms with Crippen molar-refractivity contribution in [1.29, 1.82) is 0 Å². The van der Waals surface area contributed by atoms with Gasteiger partial charge in [0.2, 0.25) is 0 Å². The monoisotopic (exact) mass is 308 g/mol. The topological polar surface area (TPSA) is 32.3 Å². The van der Waals surface area contributed by atoms with E-state index in [0.29, 0.717) is 12.1 Å². The Hall–Kier alpha value is -0.710. The minimum absolute atomic E-state index is 0.219. The molecule has 0 aliphatic carbocycles. The van der Waals surface area contributed by atoms with Crippen molar-refractivity contribution in [1.82, 2.24) is 10.2 Å². The van der Waals surface area contributed by atoms with Gasteiger partial charge in [0.1, 0.15) is 0 Å². The Morgan fingerprint density at radius 1 is 1.38 bits per heavy atom. The Labute approximate surface area is 131 Å². The Balaban J connectivity index is 2.12. The summed E-state index contributed by atoms with van der Waals surface area (Å²) >= 11 is 0. The lowest BCUT2D eigenvalue weighted by Gasteiger charge is -2.41. The highest BCUT2D eigenvalue weighted by Gasteiger charge is 2.29. The van der Waals surface area contributed by atoms with Crippen molar-refractivity contribution in [3.05, 3.63) is 35.9 Å². The molecule has 0 spiro atoms. The van der Waals surface area contributed by atoms with E-state index in [9.17, 15) is 4.21 Å². The summed E-state index contributed by atoms with van der Waals surface area (Å²) in [6.07, 6.45) is 4.23. The van der Waals surface area contributed by atoms with Crippen LogP contribution in [0.3, 0.4) is 0 Å². The molecule has 4 atom stereocenters. The van der Waals surface area contributed by atoms with E-state index in [0.717, 1.165) is 19.6 Å². The van der Waals surface area contributed by atoms with Gasteiger partial charge in [0.15, 0.2) is 0 Å². The lowest BCUT2D eigenvalue weighted by Crippen LogP contribution is -2.53. The smallest absolute Gasteiger partial charge is 0.0473 e. The van der Waals surface area contributed by atoms with E-state index in [-0.39, 0.29) is 5.25 Å². The second-order valence-electron chi connectivity index (χ2n) is 6.08. The summed E-state index contributed by atoms with van der Waals surface area (Å²) in [5.74, 6) is 0. The summed E-state index contributed by atoms with van der Waals surface area (Å²) in [5, 5.41) is 3.90. The molecule has 1 N–H and O–H groups in total. The van der Waals surface area contributed by atoms with Crippen LogP contribution in [-0.4, -0.2) is 46.3 Å². The lowest BCUT2D eigenvalue weighted by molar-refractivity contribution is 0.128. The molecule has 0 aromatic heterocycles. The van der Waals surface area contributed by atoms with Gasteiger partial charge in [-0.2, -0.15) is 0 Å². The van der Waals surface area contributed by atoms with Gasteiger partial charge in [0, 0.05) is 54.0 Å². The van der Waals surface area contributed by atoms with Gasteiger partial charge in [0.05, 0.1) is 0 Å². The second-order valence-corrected chi connectivity index (χ2v) is 7.89. The number of rotatable bonds is 6. The molecule has 4 unspecified atom stereocenters. The number of piperazine rings is 1. The van der Waals surface area contributed by atoms with Crippen LogP contribution in [0.4, 0.5) is 0 Å². The SMILES string of the molecule is CCCC1CN(CC(C)S(C)=O)C(c2ccccc2)CN1. The number of benzene rings is 1. The first-order chi connectivity index (χ1) is 10.1. The predicted octanol–water partition coefficient (Wildman–Crippen LogP) is 2.57. The number of hydrogen-bond donors (Lipinski definition) is 1. The Morgan fingerprint density at radius 3 is 2.71 bits per heavy atom. The molecule has 1 aromatic rings. The number of nitrogens with one attached hydrogen (secondary N) is 1. The fraction of sp³-hybridized carbons (Fsp3) is 0.647. The molecule has 118 valence electrons. The highest BCUT2D eigenvalue weighted by atomic mass is 32.2. The van der Waals surface area contributed by atoms with Crippen LogP contribution in [-0.2, 0) is 10.8 Å². The highest BCUT2D eigenvalue weighted by Crippen LogP contribution is 2.25. The maximum atomic E-state index is 11.7. The molecule has 0 bridgehead atoms. The van der Waals surface area contributed by atoms with Crippen LogP contribution in [0.25, 0.3) is 0 Å². The van der Waals surface area contributed by atoms with Crippen molar-refractivity contribution in [2.24, 2.45) is 0 Å². The first-order valence-corrected chi connectivity index (χ1v) is 9.58. The quantitative estimate of drug-likeness (QED) is 0.876. The van der Waals surface area contributed by atoms with Gasteiger partial charge >= 0.3 is 0 Å². The summed E-state index contributed by atoms with van der Waals surface area (Å²) < 4.78 is 11.7. The van der Waals surface area contributed by atoms with E-state index in [4.69, 9.17) is 0 Å². The van der Waals surface area contributed by atoms with Gasteiger partial charge in [-0.25, -0.2) is 0 Å². The van der Waals surface area contributed by atoms with Crippen LogP contribution in [0, 0.1) is 0 Å². The van der Waals surface area contributed by atoms with Crippen LogP contribution >= 0.6 is 0 Å². The van der Waals surface area contributed by atoms with Crippen molar-refractivity contribution >= 4 is 10.8 Å². The minimum atomic E-state index is -0.760. The molecular formula is C17H28N2OS. The van der Waals surface area contributed by atoms with Crippen LogP contribution < -0.4 is 5.32 Å². The van der Waals surface area contributed by atoms with Crippen LogP contribution in [0.15, 0.2) is 30.3 Å². The molecule has 0 radical (unpaired) electrons. The maximum absolute atomic E-state index is 11.7. The van der Waals surface area contributed by atoms with Gasteiger partial charge in [-0.05, 0) is 18.9 Å². The van der Waals surface area contributed by atoms with Crippen molar-refractivity contribution in [3.63, 3.8) is 0 Å². The van der Waals surface area contributed by atoms with E-state index in [1.165, 1.54) is 18.4 Å². The van der Waals surface area contributed by atoms with Crippen LogP contribution in [0.1, 0.15) is 38.3 Å². The fourth-order valence-corrected chi connectivity index (χ4v) is 3.47. The summed E-state index contributed by atoms with van der Waals surface area (Å²) in [7, 11) is -0.760. The molecule has 4 heteroatoms. The molecule has 1 heterocycles. The molecule has 1 aliphatic rings. The first-order valence-electron chi connectivity index (χ1n) is 7.96. The Bertz CT molecular complexity index is 451. The van der Waals surface area contributed by atoms with Crippen molar-refractivity contribution < 1.29 is 4.21 Å². The average Bonchev–Trinajstić information content (AvgIpc) is 2.48. The molecule has 1 aromatic carbocycles. The molecule has 3 nitrogen and oxygen atoms in total. The molecule has 0 saturated carbocycles. The second kappa shape index (κ2) is 8.06. The van der Waals surface area contributed by atoms with Gasteiger partial charge < -0.3 is 5.32 Å². The lowest BCUT2D eigenvalue weighted by atomic mass is 9.99. The third-order valence-corrected chi connectivity index (χ3v) is 5.66. The van der Waals surface area contributed by atoms with Crippen LogP contribution in [0.2, 0.25) is 0 Å². The van der Waals surface area contributed by atoms with Crippen molar-refractivity contribution in [2.75, 3.05) is 25.9 Å². The standard InChI is InChI=1S/C17H28N2OS/c1-4-8-16-13-19(12-14(2)21(3)20)17(11-18-16)15-9-6-5-7-10-15/h5-7,9-10,14,16-18H,4,8,11-13H2,1-3H3. The van der Waals surface area contributed by atoms with Crippen LogP contribution in [0.5, 0.6) is 0 Å². The summed E-state index contributed by atoms with van der Waals surface area (Å²) in [5.41, 5.74) is 1.36. The third kappa shape index (κ3) is 4.63. The van der Waals surface area contributed by atoms with E-state index < -0.39 is 10.8 Å². The summed E-state index contributed by atoms with van der Waals surface area (Å²) in [6.45, 7) is 7.27. The van der Waals surface area contributed by atoms with Gasteiger partial charge in [0.25, 0.3) is 0 Å². The third-order valence-electron chi connectivity index (χ3n) is 4.38. The predicted molar refractivity (Wildman–Crippen MR) is 91.0 cm³/mol. The highest BCUT2D eigenvalue weighted by molar-refractivity contribution is 7.84.